The van der Waals surface area contributed by atoms with Crippen LogP contribution in [0.5, 0.6) is 0 Å². The Bertz CT molecular complexity index is 930. The molecule has 0 unspecified atom stereocenters. The summed E-state index contributed by atoms with van der Waals surface area (Å²) in [4.78, 5) is 51.8. The molecular weight excluding hydrogens is 366 g/mol. The summed E-state index contributed by atoms with van der Waals surface area (Å²) in [6.07, 6.45) is 1.59. The fraction of sp³-hybridized carbons (Fsp3) is 0.300. The zero-order chi connectivity index (χ0) is 19.6. The molecule has 0 fully saturated rings. The van der Waals surface area contributed by atoms with E-state index in [1.165, 1.54) is 34.4 Å². The lowest BCUT2D eigenvalue weighted by atomic mass is 10.1. The van der Waals surface area contributed by atoms with Gasteiger partial charge < -0.3 is 4.74 Å². The molecule has 1 aliphatic heterocycles. The van der Waals surface area contributed by atoms with Crippen molar-refractivity contribution < 1.29 is 23.9 Å². The van der Waals surface area contributed by atoms with Gasteiger partial charge in [0.15, 0.2) is 6.61 Å². The minimum Gasteiger partial charge on any atom is -0.454 e. The summed E-state index contributed by atoms with van der Waals surface area (Å²) >= 11 is 1.34. The number of carbonyl (C=O) groups excluding carboxylic acids is 4. The first-order valence-corrected chi connectivity index (χ1v) is 9.51. The number of amides is 2. The predicted molar refractivity (Wildman–Crippen MR) is 100 cm³/mol. The largest absolute Gasteiger partial charge is 0.454 e. The number of thiophene rings is 1. The average molecular weight is 385 g/mol. The minimum absolute atomic E-state index is 0.141. The van der Waals surface area contributed by atoms with Crippen LogP contribution in [-0.2, 0) is 4.74 Å². The molecule has 0 saturated carbocycles. The van der Waals surface area contributed by atoms with E-state index in [-0.39, 0.29) is 35.0 Å². The first-order chi connectivity index (χ1) is 12.9. The number of esters is 1. The standard InChI is InChI=1S/C20H19NO5S/c1-3-4-9-21-18(23)14-7-6-13(10-15(14)19(21)24)20(25)26-11-16(22)17-8-5-12(2)27-17/h5-8,10H,3-4,9,11H2,1-2H3. The van der Waals surface area contributed by atoms with E-state index >= 15 is 0 Å². The second-order valence-corrected chi connectivity index (χ2v) is 7.57. The topological polar surface area (TPSA) is 80.8 Å². The molecule has 2 aromatic rings. The summed E-state index contributed by atoms with van der Waals surface area (Å²) in [5.74, 6) is -1.72. The van der Waals surface area contributed by atoms with Crippen LogP contribution in [0.3, 0.4) is 0 Å². The van der Waals surface area contributed by atoms with E-state index in [1.54, 1.807) is 6.07 Å². The Morgan fingerprint density at radius 3 is 2.48 bits per heavy atom. The normalized spacial score (nSPS) is 13.0. The Balaban J connectivity index is 1.69. The summed E-state index contributed by atoms with van der Waals surface area (Å²) in [5.41, 5.74) is 0.631. The number of aryl methyl sites for hydroxylation is 1. The van der Waals surface area contributed by atoms with Gasteiger partial charge in [0, 0.05) is 11.4 Å². The molecule has 0 N–H and O–H groups in total. The first-order valence-electron chi connectivity index (χ1n) is 8.69. The Kier molecular flexibility index (Phi) is 5.51. The molecule has 0 aliphatic carbocycles. The molecule has 0 saturated heterocycles. The quantitative estimate of drug-likeness (QED) is 0.414. The lowest BCUT2D eigenvalue weighted by molar-refractivity contribution is 0.0475. The second-order valence-electron chi connectivity index (χ2n) is 6.29. The van der Waals surface area contributed by atoms with Gasteiger partial charge in [0.25, 0.3) is 11.8 Å². The summed E-state index contributed by atoms with van der Waals surface area (Å²) in [6.45, 7) is 3.86. The summed E-state index contributed by atoms with van der Waals surface area (Å²) < 4.78 is 5.08. The Labute approximate surface area is 160 Å². The Morgan fingerprint density at radius 2 is 1.81 bits per heavy atom. The smallest absolute Gasteiger partial charge is 0.338 e. The third-order valence-corrected chi connectivity index (χ3v) is 5.33. The molecule has 6 nitrogen and oxygen atoms in total. The number of hydrogen-bond acceptors (Lipinski definition) is 6. The maximum atomic E-state index is 12.4. The lowest BCUT2D eigenvalue weighted by Gasteiger charge is -2.12. The molecule has 1 aromatic carbocycles. The molecule has 1 aromatic heterocycles. The zero-order valence-corrected chi connectivity index (χ0v) is 15.9. The SMILES string of the molecule is CCCCN1C(=O)c2ccc(C(=O)OCC(=O)c3ccc(C)s3)cc2C1=O. The van der Waals surface area contributed by atoms with Gasteiger partial charge >= 0.3 is 5.97 Å². The number of ether oxygens (including phenoxy) is 1. The van der Waals surface area contributed by atoms with Crippen molar-refractivity contribution in [1.29, 1.82) is 0 Å². The summed E-state index contributed by atoms with van der Waals surface area (Å²) in [6, 6.07) is 7.79. The summed E-state index contributed by atoms with van der Waals surface area (Å²) in [7, 11) is 0. The van der Waals surface area contributed by atoms with Crippen molar-refractivity contribution in [1.82, 2.24) is 4.90 Å². The molecule has 0 spiro atoms. The molecule has 3 rings (SSSR count). The number of imide groups is 1. The van der Waals surface area contributed by atoms with Gasteiger partial charge in [0.05, 0.1) is 21.6 Å². The summed E-state index contributed by atoms with van der Waals surface area (Å²) in [5, 5.41) is 0. The van der Waals surface area contributed by atoms with Gasteiger partial charge in [-0.1, -0.05) is 13.3 Å². The monoisotopic (exact) mass is 385 g/mol. The highest BCUT2D eigenvalue weighted by molar-refractivity contribution is 7.14. The lowest BCUT2D eigenvalue weighted by Crippen LogP contribution is -2.30. The molecule has 7 heteroatoms. The fourth-order valence-electron chi connectivity index (χ4n) is 2.81. The van der Waals surface area contributed by atoms with Crippen LogP contribution in [-0.4, -0.2) is 41.6 Å². The number of benzene rings is 1. The second kappa shape index (κ2) is 7.84. The van der Waals surface area contributed by atoms with Crippen LogP contribution < -0.4 is 0 Å². The molecule has 0 atom stereocenters. The Morgan fingerprint density at radius 1 is 1.07 bits per heavy atom. The maximum Gasteiger partial charge on any atom is 0.338 e. The molecule has 0 radical (unpaired) electrons. The maximum absolute atomic E-state index is 12.4. The van der Waals surface area contributed by atoms with Gasteiger partial charge in [0.1, 0.15) is 0 Å². The van der Waals surface area contributed by atoms with E-state index in [0.29, 0.717) is 11.4 Å². The van der Waals surface area contributed by atoms with Crippen molar-refractivity contribution in [2.75, 3.05) is 13.2 Å². The van der Waals surface area contributed by atoms with Crippen LogP contribution in [0.4, 0.5) is 0 Å². The van der Waals surface area contributed by atoms with E-state index in [1.807, 2.05) is 19.9 Å². The van der Waals surface area contributed by atoms with Crippen LogP contribution in [0.15, 0.2) is 30.3 Å². The number of carbonyl (C=O) groups is 4. The number of Topliss-reactive ketones (excluding diaryl/α,β-unsaturated/α-hetero) is 1. The van der Waals surface area contributed by atoms with E-state index in [9.17, 15) is 19.2 Å². The Hall–Kier alpha value is -2.80. The van der Waals surface area contributed by atoms with Crippen LogP contribution in [0.2, 0.25) is 0 Å². The number of unbranched alkanes of at least 4 members (excludes halogenated alkanes) is 1. The molecule has 2 heterocycles. The highest BCUT2D eigenvalue weighted by atomic mass is 32.1. The van der Waals surface area contributed by atoms with E-state index in [0.717, 1.165) is 17.7 Å². The number of fused-ring (bicyclic) bond motifs is 1. The van der Waals surface area contributed by atoms with E-state index < -0.39 is 11.9 Å². The van der Waals surface area contributed by atoms with Crippen LogP contribution in [0.25, 0.3) is 0 Å². The van der Waals surface area contributed by atoms with Crippen molar-refractivity contribution in [2.24, 2.45) is 0 Å². The van der Waals surface area contributed by atoms with E-state index in [2.05, 4.69) is 0 Å². The van der Waals surface area contributed by atoms with Crippen molar-refractivity contribution in [3.05, 3.63) is 56.8 Å². The van der Waals surface area contributed by atoms with Gasteiger partial charge in [0.2, 0.25) is 5.78 Å². The van der Waals surface area contributed by atoms with Crippen molar-refractivity contribution >= 4 is 34.9 Å². The number of nitrogens with zero attached hydrogens (tertiary/aromatic N) is 1. The van der Waals surface area contributed by atoms with Gasteiger partial charge in [-0.3, -0.25) is 19.3 Å². The molecule has 2 amide bonds. The van der Waals surface area contributed by atoms with Gasteiger partial charge in [-0.25, -0.2) is 4.79 Å². The average Bonchev–Trinajstić information content (AvgIpc) is 3.20. The number of rotatable bonds is 7. The van der Waals surface area contributed by atoms with Crippen LogP contribution in [0.1, 0.15) is 65.4 Å². The van der Waals surface area contributed by atoms with Crippen LogP contribution in [0, 0.1) is 6.92 Å². The van der Waals surface area contributed by atoms with Gasteiger partial charge in [-0.15, -0.1) is 11.3 Å². The van der Waals surface area contributed by atoms with Crippen molar-refractivity contribution in [3.63, 3.8) is 0 Å². The first kappa shape index (κ1) is 19.0. The molecule has 27 heavy (non-hydrogen) atoms. The fourth-order valence-corrected chi connectivity index (χ4v) is 3.60. The molecular formula is C20H19NO5S. The third kappa shape index (κ3) is 3.83. The zero-order valence-electron chi connectivity index (χ0n) is 15.1. The van der Waals surface area contributed by atoms with E-state index in [4.69, 9.17) is 4.74 Å². The number of ketones is 1. The predicted octanol–water partition coefficient (Wildman–Crippen LogP) is 3.49. The number of hydrogen-bond donors (Lipinski definition) is 0. The highest BCUT2D eigenvalue weighted by Crippen LogP contribution is 2.25. The van der Waals surface area contributed by atoms with Crippen molar-refractivity contribution in [2.45, 2.75) is 26.7 Å². The van der Waals surface area contributed by atoms with Gasteiger partial charge in [-0.05, 0) is 43.7 Å². The molecule has 1 aliphatic rings. The minimum atomic E-state index is -0.702. The van der Waals surface area contributed by atoms with Gasteiger partial charge in [-0.2, -0.15) is 0 Å². The molecule has 0 bridgehead atoms. The highest BCUT2D eigenvalue weighted by Gasteiger charge is 2.35. The van der Waals surface area contributed by atoms with Crippen molar-refractivity contribution in [3.8, 4) is 0 Å². The molecule has 140 valence electrons. The third-order valence-electron chi connectivity index (χ3n) is 4.29. The van der Waals surface area contributed by atoms with Crippen LogP contribution >= 0.6 is 11.3 Å².